The number of nitrogens with one attached hydrogen (secondary N) is 1. The van der Waals surface area contributed by atoms with Crippen LogP contribution in [0.4, 0.5) is 0 Å². The van der Waals surface area contributed by atoms with Gasteiger partial charge in [0.05, 0.1) is 0 Å². The monoisotopic (exact) mass is 317 g/mol. The van der Waals surface area contributed by atoms with Crippen LogP contribution in [0.2, 0.25) is 0 Å². The van der Waals surface area contributed by atoms with Gasteiger partial charge in [0, 0.05) is 30.9 Å². The van der Waals surface area contributed by atoms with Gasteiger partial charge in [-0.2, -0.15) is 0 Å². The summed E-state index contributed by atoms with van der Waals surface area (Å²) in [7, 11) is 0. The quantitative estimate of drug-likeness (QED) is 0.849. The maximum absolute atomic E-state index is 12.4. The fourth-order valence-electron chi connectivity index (χ4n) is 3.05. The summed E-state index contributed by atoms with van der Waals surface area (Å²) in [5, 5.41) is 3.11. The van der Waals surface area contributed by atoms with Gasteiger partial charge in [-0.05, 0) is 38.8 Å². The van der Waals surface area contributed by atoms with Crippen LogP contribution in [-0.4, -0.2) is 40.8 Å². The van der Waals surface area contributed by atoms with Crippen LogP contribution in [0.5, 0.6) is 0 Å². The molecule has 1 aliphatic rings. The van der Waals surface area contributed by atoms with Crippen molar-refractivity contribution in [2.75, 3.05) is 13.1 Å². The van der Waals surface area contributed by atoms with Crippen LogP contribution in [0.1, 0.15) is 73.2 Å². The van der Waals surface area contributed by atoms with Crippen molar-refractivity contribution in [1.82, 2.24) is 15.2 Å². The first kappa shape index (κ1) is 17.4. The van der Waals surface area contributed by atoms with Crippen LogP contribution < -0.4 is 5.32 Å². The van der Waals surface area contributed by atoms with Crippen molar-refractivity contribution in [1.29, 1.82) is 0 Å². The molecule has 0 aliphatic heterocycles. The molecule has 0 spiro atoms. The van der Waals surface area contributed by atoms with Crippen molar-refractivity contribution in [2.45, 2.75) is 58.4 Å². The molecule has 5 nitrogen and oxygen atoms in total. The first-order chi connectivity index (χ1) is 11.2. The molecule has 126 valence electrons. The smallest absolute Gasteiger partial charge is 0.272 e. The highest BCUT2D eigenvalue weighted by atomic mass is 16.2. The SMILES string of the molecule is CCN(CC)C(=O)c1cc(C(=O)NC2CCCCCC2)ccn1. The molecule has 1 fully saturated rings. The van der Waals surface area contributed by atoms with Crippen molar-refractivity contribution in [3.8, 4) is 0 Å². The van der Waals surface area contributed by atoms with E-state index in [0.717, 1.165) is 12.8 Å². The first-order valence-corrected chi connectivity index (χ1v) is 8.71. The van der Waals surface area contributed by atoms with Gasteiger partial charge in [0.2, 0.25) is 0 Å². The van der Waals surface area contributed by atoms with Crippen molar-refractivity contribution < 1.29 is 9.59 Å². The molecular weight excluding hydrogens is 290 g/mol. The molecule has 1 heterocycles. The molecule has 1 aromatic heterocycles. The highest BCUT2D eigenvalue weighted by Crippen LogP contribution is 2.17. The largest absolute Gasteiger partial charge is 0.349 e. The van der Waals surface area contributed by atoms with Gasteiger partial charge in [-0.25, -0.2) is 0 Å². The summed E-state index contributed by atoms with van der Waals surface area (Å²) < 4.78 is 0. The number of carbonyl (C=O) groups is 2. The van der Waals surface area contributed by atoms with Gasteiger partial charge < -0.3 is 10.2 Å². The average Bonchev–Trinajstić information content (AvgIpc) is 2.84. The predicted molar refractivity (Wildman–Crippen MR) is 90.4 cm³/mol. The van der Waals surface area contributed by atoms with E-state index in [-0.39, 0.29) is 17.9 Å². The van der Waals surface area contributed by atoms with Crippen LogP contribution >= 0.6 is 0 Å². The molecule has 1 saturated carbocycles. The Labute approximate surface area is 138 Å². The van der Waals surface area contributed by atoms with Crippen molar-refractivity contribution in [3.63, 3.8) is 0 Å². The van der Waals surface area contributed by atoms with Crippen LogP contribution in [0.15, 0.2) is 18.3 Å². The van der Waals surface area contributed by atoms with Crippen LogP contribution in [0.25, 0.3) is 0 Å². The maximum Gasteiger partial charge on any atom is 0.272 e. The van der Waals surface area contributed by atoms with Crippen molar-refractivity contribution >= 4 is 11.8 Å². The summed E-state index contributed by atoms with van der Waals surface area (Å²) in [4.78, 5) is 30.6. The Morgan fingerprint density at radius 3 is 2.43 bits per heavy atom. The van der Waals surface area contributed by atoms with Gasteiger partial charge in [-0.3, -0.25) is 14.6 Å². The number of hydrogen-bond donors (Lipinski definition) is 1. The third-order valence-corrected chi connectivity index (χ3v) is 4.48. The van der Waals surface area contributed by atoms with E-state index in [4.69, 9.17) is 0 Å². The minimum atomic E-state index is -0.126. The Morgan fingerprint density at radius 1 is 1.17 bits per heavy atom. The molecule has 23 heavy (non-hydrogen) atoms. The number of pyridine rings is 1. The van der Waals surface area contributed by atoms with Gasteiger partial charge in [0.25, 0.3) is 11.8 Å². The van der Waals surface area contributed by atoms with Gasteiger partial charge in [-0.1, -0.05) is 25.7 Å². The van der Waals surface area contributed by atoms with E-state index in [9.17, 15) is 9.59 Å². The van der Waals surface area contributed by atoms with E-state index in [1.165, 1.54) is 25.7 Å². The number of nitrogens with zero attached hydrogens (tertiary/aromatic N) is 2. The summed E-state index contributed by atoms with van der Waals surface area (Å²) >= 11 is 0. The zero-order valence-electron chi connectivity index (χ0n) is 14.2. The van der Waals surface area contributed by atoms with E-state index in [1.807, 2.05) is 13.8 Å². The molecule has 1 aromatic rings. The van der Waals surface area contributed by atoms with E-state index >= 15 is 0 Å². The minimum absolute atomic E-state index is 0.104. The number of aromatic nitrogens is 1. The number of carbonyl (C=O) groups excluding carboxylic acids is 2. The highest BCUT2D eigenvalue weighted by molar-refractivity contribution is 5.98. The third-order valence-electron chi connectivity index (χ3n) is 4.48. The zero-order valence-corrected chi connectivity index (χ0v) is 14.2. The lowest BCUT2D eigenvalue weighted by Gasteiger charge is -2.19. The van der Waals surface area contributed by atoms with E-state index in [1.54, 1.807) is 23.2 Å². The highest BCUT2D eigenvalue weighted by Gasteiger charge is 2.18. The number of rotatable bonds is 5. The zero-order chi connectivity index (χ0) is 16.7. The molecule has 0 saturated heterocycles. The van der Waals surface area contributed by atoms with Crippen LogP contribution in [0, 0.1) is 0 Å². The standard InChI is InChI=1S/C18H27N3O2/c1-3-21(4-2)18(23)16-13-14(11-12-19-16)17(22)20-15-9-7-5-6-8-10-15/h11-13,15H,3-10H2,1-2H3,(H,20,22). The molecule has 0 aromatic carbocycles. The van der Waals surface area contributed by atoms with Crippen LogP contribution in [0.3, 0.4) is 0 Å². The second kappa shape index (κ2) is 8.65. The Morgan fingerprint density at radius 2 is 1.83 bits per heavy atom. The molecule has 5 heteroatoms. The van der Waals surface area contributed by atoms with Gasteiger partial charge in [0.1, 0.15) is 5.69 Å². The van der Waals surface area contributed by atoms with Crippen molar-refractivity contribution in [3.05, 3.63) is 29.6 Å². The lowest BCUT2D eigenvalue weighted by molar-refractivity contribution is 0.0767. The minimum Gasteiger partial charge on any atom is -0.349 e. The van der Waals surface area contributed by atoms with Gasteiger partial charge >= 0.3 is 0 Å². The fraction of sp³-hybridized carbons (Fsp3) is 0.611. The lowest BCUT2D eigenvalue weighted by Crippen LogP contribution is -2.35. The molecule has 0 radical (unpaired) electrons. The van der Waals surface area contributed by atoms with Gasteiger partial charge in [0.15, 0.2) is 0 Å². The topological polar surface area (TPSA) is 62.3 Å². The summed E-state index contributed by atoms with van der Waals surface area (Å²) in [6.45, 7) is 5.14. The molecule has 0 unspecified atom stereocenters. The molecule has 1 N–H and O–H groups in total. The molecular formula is C18H27N3O2. The van der Waals surface area contributed by atoms with Gasteiger partial charge in [-0.15, -0.1) is 0 Å². The second-order valence-electron chi connectivity index (χ2n) is 6.07. The van der Waals surface area contributed by atoms with Crippen molar-refractivity contribution in [2.24, 2.45) is 0 Å². The number of hydrogen-bond acceptors (Lipinski definition) is 3. The summed E-state index contributed by atoms with van der Waals surface area (Å²) in [6.07, 6.45) is 8.48. The first-order valence-electron chi connectivity index (χ1n) is 8.71. The second-order valence-corrected chi connectivity index (χ2v) is 6.07. The Bertz CT molecular complexity index is 533. The molecule has 0 atom stereocenters. The lowest BCUT2D eigenvalue weighted by atomic mass is 10.1. The summed E-state index contributed by atoms with van der Waals surface area (Å²) in [5.41, 5.74) is 0.849. The summed E-state index contributed by atoms with van der Waals surface area (Å²) in [5.74, 6) is -0.230. The average molecular weight is 317 g/mol. The normalized spacial score (nSPS) is 15.7. The Kier molecular flexibility index (Phi) is 6.56. The Balaban J connectivity index is 2.06. The molecule has 2 rings (SSSR count). The molecule has 1 aliphatic carbocycles. The molecule has 2 amide bonds. The molecule has 0 bridgehead atoms. The predicted octanol–water partition coefficient (Wildman–Crippen LogP) is 3.02. The summed E-state index contributed by atoms with van der Waals surface area (Å²) in [6, 6.07) is 3.53. The number of amides is 2. The fourth-order valence-corrected chi connectivity index (χ4v) is 3.05. The maximum atomic E-state index is 12.4. The van der Waals surface area contributed by atoms with E-state index in [0.29, 0.717) is 24.3 Å². The van der Waals surface area contributed by atoms with E-state index < -0.39 is 0 Å². The van der Waals surface area contributed by atoms with E-state index in [2.05, 4.69) is 10.3 Å². The third kappa shape index (κ3) is 4.78. The Hall–Kier alpha value is -1.91. The van der Waals surface area contributed by atoms with Crippen LogP contribution in [-0.2, 0) is 0 Å².